The molecular formula is C22H22N4O4. The minimum Gasteiger partial charge on any atom is -0.391 e. The zero-order valence-corrected chi connectivity index (χ0v) is 16.7. The summed E-state index contributed by atoms with van der Waals surface area (Å²) in [6.45, 7) is 3.83. The lowest BCUT2D eigenvalue weighted by Gasteiger charge is -2.45. The van der Waals surface area contributed by atoms with Crippen molar-refractivity contribution in [2.24, 2.45) is 0 Å². The quantitative estimate of drug-likeness (QED) is 0.609. The van der Waals surface area contributed by atoms with Gasteiger partial charge >= 0.3 is 5.69 Å². The average Bonchev–Trinajstić information content (AvgIpc) is 2.71. The highest BCUT2D eigenvalue weighted by Crippen LogP contribution is 2.34. The van der Waals surface area contributed by atoms with E-state index in [2.05, 4.69) is 10.3 Å². The molecule has 0 aliphatic carbocycles. The zero-order valence-electron chi connectivity index (χ0n) is 16.7. The Balaban J connectivity index is 1.89. The van der Waals surface area contributed by atoms with Gasteiger partial charge in [-0.25, -0.2) is 9.36 Å². The normalized spacial score (nSPS) is 14.9. The summed E-state index contributed by atoms with van der Waals surface area (Å²) < 4.78 is 0.964. The van der Waals surface area contributed by atoms with Gasteiger partial charge in [0, 0.05) is 12.7 Å². The number of benzene rings is 2. The van der Waals surface area contributed by atoms with Crippen LogP contribution in [0.5, 0.6) is 0 Å². The summed E-state index contributed by atoms with van der Waals surface area (Å²) in [5.74, 6) is -0.226. The smallest absolute Gasteiger partial charge is 0.333 e. The third kappa shape index (κ3) is 3.31. The Kier molecular flexibility index (Phi) is 4.79. The van der Waals surface area contributed by atoms with E-state index >= 15 is 0 Å². The minimum absolute atomic E-state index is 0.0755. The van der Waals surface area contributed by atoms with E-state index in [4.69, 9.17) is 0 Å². The number of hydrogen-bond donors (Lipinski definition) is 3. The molecule has 0 saturated heterocycles. The van der Waals surface area contributed by atoms with Gasteiger partial charge in [0.1, 0.15) is 5.66 Å². The van der Waals surface area contributed by atoms with Crippen molar-refractivity contribution in [2.45, 2.75) is 32.7 Å². The molecule has 0 spiro atoms. The molecule has 1 aromatic heterocycles. The van der Waals surface area contributed by atoms with Gasteiger partial charge in [-0.1, -0.05) is 30.3 Å². The molecular weight excluding hydrogens is 384 g/mol. The summed E-state index contributed by atoms with van der Waals surface area (Å²) in [7, 11) is 0. The van der Waals surface area contributed by atoms with E-state index < -0.39 is 23.5 Å². The van der Waals surface area contributed by atoms with E-state index in [9.17, 15) is 19.5 Å². The van der Waals surface area contributed by atoms with Crippen LogP contribution in [0.2, 0.25) is 0 Å². The number of anilines is 1. The third-order valence-corrected chi connectivity index (χ3v) is 5.27. The highest BCUT2D eigenvalue weighted by molar-refractivity contribution is 6.02. The van der Waals surface area contributed by atoms with Crippen molar-refractivity contribution in [3.8, 4) is 5.69 Å². The fourth-order valence-electron chi connectivity index (χ4n) is 3.70. The number of amides is 1. The molecule has 1 amide bonds. The van der Waals surface area contributed by atoms with Crippen LogP contribution in [0.15, 0.2) is 64.3 Å². The second-order valence-corrected chi connectivity index (χ2v) is 7.70. The standard InChI is InChI=1S/C22H22N4O4/c1-22(2)24-19(28)17-9-8-16(26-20(29)15(13-27)11-23-21(26)30)10-18(17)25(22)12-14-6-4-3-5-7-14/h3-11,27H,12-13H2,1-2H3,(H,23,30)(H,24,28). The Hall–Kier alpha value is -3.65. The number of aromatic nitrogens is 2. The molecule has 0 fully saturated rings. The van der Waals surface area contributed by atoms with Crippen molar-refractivity contribution < 1.29 is 9.90 Å². The Morgan fingerprint density at radius 3 is 2.47 bits per heavy atom. The van der Waals surface area contributed by atoms with Crippen molar-refractivity contribution in [3.63, 3.8) is 0 Å². The Morgan fingerprint density at radius 2 is 1.77 bits per heavy atom. The number of H-pyrrole nitrogens is 1. The summed E-state index contributed by atoms with van der Waals surface area (Å²) in [5, 5.41) is 12.4. The average molecular weight is 406 g/mol. The van der Waals surface area contributed by atoms with Gasteiger partial charge < -0.3 is 20.3 Å². The van der Waals surface area contributed by atoms with E-state index in [-0.39, 0.29) is 11.5 Å². The molecule has 154 valence electrons. The van der Waals surface area contributed by atoms with E-state index in [1.807, 2.05) is 49.1 Å². The largest absolute Gasteiger partial charge is 0.391 e. The van der Waals surface area contributed by atoms with Crippen LogP contribution < -0.4 is 21.5 Å². The molecule has 0 saturated carbocycles. The highest BCUT2D eigenvalue weighted by atomic mass is 16.3. The van der Waals surface area contributed by atoms with E-state index in [0.717, 1.165) is 10.1 Å². The monoisotopic (exact) mass is 406 g/mol. The third-order valence-electron chi connectivity index (χ3n) is 5.27. The van der Waals surface area contributed by atoms with Crippen LogP contribution in [-0.2, 0) is 13.2 Å². The topological polar surface area (TPSA) is 107 Å². The van der Waals surface area contributed by atoms with Gasteiger partial charge in [0.15, 0.2) is 0 Å². The van der Waals surface area contributed by atoms with Gasteiger partial charge in [-0.15, -0.1) is 0 Å². The van der Waals surface area contributed by atoms with Gasteiger partial charge in [-0.2, -0.15) is 0 Å². The molecule has 0 atom stereocenters. The van der Waals surface area contributed by atoms with Crippen LogP contribution in [0, 0.1) is 0 Å². The van der Waals surface area contributed by atoms with Crippen LogP contribution in [0.25, 0.3) is 5.69 Å². The number of nitrogens with zero attached hydrogens (tertiary/aromatic N) is 2. The Labute approximate surface area is 172 Å². The van der Waals surface area contributed by atoms with Crippen LogP contribution in [-0.4, -0.2) is 26.2 Å². The first kappa shape index (κ1) is 19.7. The van der Waals surface area contributed by atoms with Crippen molar-refractivity contribution in [2.75, 3.05) is 4.90 Å². The van der Waals surface area contributed by atoms with Gasteiger partial charge in [0.05, 0.1) is 29.1 Å². The molecule has 4 rings (SSSR count). The van der Waals surface area contributed by atoms with E-state index in [1.165, 1.54) is 6.20 Å². The summed E-state index contributed by atoms with van der Waals surface area (Å²) in [6.07, 6.45) is 1.21. The predicted octanol–water partition coefficient (Wildman–Crippen LogP) is 1.50. The van der Waals surface area contributed by atoms with Crippen molar-refractivity contribution in [1.29, 1.82) is 0 Å². The lowest BCUT2D eigenvalue weighted by molar-refractivity contribution is 0.0897. The fourth-order valence-corrected chi connectivity index (χ4v) is 3.70. The first-order valence-corrected chi connectivity index (χ1v) is 9.55. The Bertz CT molecular complexity index is 1230. The van der Waals surface area contributed by atoms with Crippen molar-refractivity contribution in [3.05, 3.63) is 92.3 Å². The lowest BCUT2D eigenvalue weighted by atomic mass is 9.99. The maximum atomic E-state index is 12.7. The Morgan fingerprint density at radius 1 is 1.03 bits per heavy atom. The van der Waals surface area contributed by atoms with Crippen molar-refractivity contribution in [1.82, 2.24) is 14.9 Å². The number of aliphatic hydroxyl groups excluding tert-OH is 1. The SMILES string of the molecule is CC1(C)NC(=O)c2ccc(-n3c(=O)[nH]cc(CO)c3=O)cc2N1Cc1ccccc1. The lowest BCUT2D eigenvalue weighted by Crippen LogP contribution is -2.60. The summed E-state index contributed by atoms with van der Waals surface area (Å²) in [5.41, 5.74) is 0.605. The summed E-state index contributed by atoms with van der Waals surface area (Å²) >= 11 is 0. The maximum Gasteiger partial charge on any atom is 0.333 e. The number of fused-ring (bicyclic) bond motifs is 1. The first-order valence-electron chi connectivity index (χ1n) is 9.55. The molecule has 3 N–H and O–H groups in total. The summed E-state index contributed by atoms with van der Waals surface area (Å²) in [6, 6.07) is 14.6. The fraction of sp³-hybridized carbons (Fsp3) is 0.227. The van der Waals surface area contributed by atoms with E-state index in [0.29, 0.717) is 23.5 Å². The van der Waals surface area contributed by atoms with E-state index in [1.54, 1.807) is 18.2 Å². The predicted molar refractivity (Wildman–Crippen MR) is 113 cm³/mol. The number of aliphatic hydroxyl groups is 1. The number of hydrogen-bond acceptors (Lipinski definition) is 5. The van der Waals surface area contributed by atoms with Crippen LogP contribution in [0.4, 0.5) is 5.69 Å². The molecule has 30 heavy (non-hydrogen) atoms. The number of aromatic amines is 1. The molecule has 1 aliphatic rings. The second-order valence-electron chi connectivity index (χ2n) is 7.70. The second kappa shape index (κ2) is 7.31. The molecule has 0 unspecified atom stereocenters. The minimum atomic E-state index is -0.692. The molecule has 3 aromatic rings. The zero-order chi connectivity index (χ0) is 21.5. The maximum absolute atomic E-state index is 12.7. The molecule has 2 heterocycles. The number of carbonyl (C=O) groups excluding carboxylic acids is 1. The first-order chi connectivity index (χ1) is 14.3. The van der Waals surface area contributed by atoms with Crippen molar-refractivity contribution >= 4 is 11.6 Å². The van der Waals surface area contributed by atoms with Crippen LogP contribution in [0.3, 0.4) is 0 Å². The highest BCUT2D eigenvalue weighted by Gasteiger charge is 2.36. The molecule has 8 nitrogen and oxygen atoms in total. The summed E-state index contributed by atoms with van der Waals surface area (Å²) in [4.78, 5) is 42.2. The molecule has 2 aromatic carbocycles. The van der Waals surface area contributed by atoms with Gasteiger partial charge in [-0.05, 0) is 37.6 Å². The van der Waals surface area contributed by atoms with Gasteiger partial charge in [0.25, 0.3) is 11.5 Å². The van der Waals surface area contributed by atoms with Gasteiger partial charge in [-0.3, -0.25) is 9.59 Å². The molecule has 0 radical (unpaired) electrons. The molecule has 0 bridgehead atoms. The number of nitrogens with one attached hydrogen (secondary N) is 2. The van der Waals surface area contributed by atoms with Crippen LogP contribution >= 0.6 is 0 Å². The van der Waals surface area contributed by atoms with Gasteiger partial charge in [0.2, 0.25) is 0 Å². The number of rotatable bonds is 4. The molecule has 1 aliphatic heterocycles. The number of carbonyl (C=O) groups is 1. The molecule has 8 heteroatoms. The van der Waals surface area contributed by atoms with Crippen LogP contribution in [0.1, 0.15) is 35.3 Å².